The van der Waals surface area contributed by atoms with Gasteiger partial charge in [-0.3, -0.25) is 9.55 Å². The van der Waals surface area contributed by atoms with Crippen molar-refractivity contribution in [1.82, 2.24) is 14.5 Å². The summed E-state index contributed by atoms with van der Waals surface area (Å²) in [7, 11) is 0. The normalized spacial score (nSPS) is 17.2. The van der Waals surface area contributed by atoms with Gasteiger partial charge in [0.1, 0.15) is 11.6 Å². The predicted molar refractivity (Wildman–Crippen MR) is 311 cm³/mol. The Balaban J connectivity index is 1.40. The van der Waals surface area contributed by atoms with E-state index < -0.39 is 108 Å². The zero-order valence-electron chi connectivity index (χ0n) is 62.8. The minimum Gasteiger partial charge on any atom is -0.507 e. The number of imidazole rings is 1. The van der Waals surface area contributed by atoms with Crippen LogP contribution in [0.25, 0.3) is 83.9 Å². The smallest absolute Gasteiger partial charge is 0.149 e. The minimum absolute atomic E-state index is 0.0371. The molecular formula is C69H75N3O. The lowest BCUT2D eigenvalue weighted by molar-refractivity contribution is 0.446. The molecule has 0 fully saturated rings. The van der Waals surface area contributed by atoms with Crippen LogP contribution < -0.4 is 0 Å². The van der Waals surface area contributed by atoms with Crippen LogP contribution in [-0.4, -0.2) is 19.6 Å². The molecule has 0 spiro atoms. The number of phenolic OH excluding ortho intramolecular Hbond substituents is 1. The largest absolute Gasteiger partial charge is 0.507 e. The first kappa shape index (κ1) is 32.2. The highest BCUT2D eigenvalue weighted by Crippen LogP contribution is 2.47. The van der Waals surface area contributed by atoms with E-state index in [4.69, 9.17) is 22.8 Å². The molecule has 9 rings (SSSR count). The number of aromatic nitrogens is 3. The molecular weight excluding hydrogens is 887 g/mol. The van der Waals surface area contributed by atoms with Gasteiger partial charge in [0.15, 0.2) is 0 Å². The fourth-order valence-electron chi connectivity index (χ4n) is 9.13. The van der Waals surface area contributed by atoms with E-state index in [-0.39, 0.29) is 33.8 Å². The van der Waals surface area contributed by atoms with Gasteiger partial charge in [0.05, 0.1) is 37.6 Å². The Morgan fingerprint density at radius 2 is 1.12 bits per heavy atom. The third kappa shape index (κ3) is 10.2. The van der Waals surface area contributed by atoms with E-state index in [9.17, 15) is 13.3 Å². The molecule has 73 heavy (non-hydrogen) atoms. The third-order valence-corrected chi connectivity index (χ3v) is 13.5. The first-order valence-electron chi connectivity index (χ1n) is 34.1. The average Bonchev–Trinajstić information content (AvgIpc) is 0.733. The summed E-state index contributed by atoms with van der Waals surface area (Å²) < 4.78 is 169. The topological polar surface area (TPSA) is 50.9 Å². The van der Waals surface area contributed by atoms with Crippen molar-refractivity contribution < 1.29 is 31.2 Å². The summed E-state index contributed by atoms with van der Waals surface area (Å²) in [6.07, 6.45) is -0.771. The number of benzene rings is 7. The number of phenols is 1. The van der Waals surface area contributed by atoms with Crippen molar-refractivity contribution in [3.8, 4) is 78.6 Å². The van der Waals surface area contributed by atoms with Gasteiger partial charge in [-0.25, -0.2) is 4.98 Å². The molecule has 0 saturated carbocycles. The van der Waals surface area contributed by atoms with Crippen LogP contribution in [0.4, 0.5) is 0 Å². The molecule has 4 heteroatoms. The standard InChI is InChI=1S/C69H75N3O/c1-43-35-61(56(45-21-18-17-19-22-45)42-55(43)46-27-31-51(32-28-46)66(5,6)7)72-60-24-20-23-54(62(60)71-64(72)57-40-53(68(11,12)13)41-58(63(57)73)69(14,15)16)48-36-49(38-52(37-48)67(8,9)10)59-39-47(33-34-70-59)44-25-29-50(30-26-44)65(2,3)4/h17-42,73H,1-16H3/i1D3,2D3,3D3,4D3,25D,26D,29D,30D,33D,34D,39D. The maximum atomic E-state index is 12.9. The van der Waals surface area contributed by atoms with E-state index in [0.29, 0.717) is 61.2 Å². The number of hydrogen-bond donors (Lipinski definition) is 1. The van der Waals surface area contributed by atoms with Crippen molar-refractivity contribution in [1.29, 1.82) is 0 Å². The summed E-state index contributed by atoms with van der Waals surface area (Å²) in [5.41, 5.74) is -0.146. The highest BCUT2D eigenvalue weighted by atomic mass is 16.3. The van der Waals surface area contributed by atoms with Crippen LogP contribution >= 0.6 is 0 Å². The van der Waals surface area contributed by atoms with Crippen LogP contribution in [0.3, 0.4) is 0 Å². The van der Waals surface area contributed by atoms with Crippen LogP contribution in [0.2, 0.25) is 0 Å². The Hall–Kier alpha value is -7.04. The Bertz CT molecular complexity index is 4330. The van der Waals surface area contributed by atoms with Gasteiger partial charge >= 0.3 is 0 Å². The molecule has 4 nitrogen and oxygen atoms in total. The average molecular weight is 981 g/mol. The Kier molecular flexibility index (Phi) is 8.15. The molecule has 2 heterocycles. The van der Waals surface area contributed by atoms with E-state index in [2.05, 4.69) is 46.5 Å². The molecule has 0 aliphatic heterocycles. The van der Waals surface area contributed by atoms with E-state index in [1.807, 2.05) is 143 Å². The number of rotatable bonds is 7. The van der Waals surface area contributed by atoms with Crippen molar-refractivity contribution >= 4 is 11.0 Å². The second kappa shape index (κ2) is 18.5. The van der Waals surface area contributed by atoms with Gasteiger partial charge in [0.25, 0.3) is 0 Å². The van der Waals surface area contributed by atoms with Crippen LogP contribution in [-0.2, 0) is 27.1 Å². The van der Waals surface area contributed by atoms with Crippen LogP contribution in [0.1, 0.15) is 163 Å². The molecule has 0 aliphatic rings. The van der Waals surface area contributed by atoms with Gasteiger partial charge in [-0.1, -0.05) is 207 Å². The first-order valence-corrected chi connectivity index (χ1v) is 24.6. The monoisotopic (exact) mass is 981 g/mol. The number of hydrogen-bond acceptors (Lipinski definition) is 3. The van der Waals surface area contributed by atoms with E-state index in [0.717, 1.165) is 16.7 Å². The van der Waals surface area contributed by atoms with E-state index >= 15 is 0 Å². The second-order valence-corrected chi connectivity index (χ2v) is 23.2. The zero-order chi connectivity index (χ0) is 68.7. The summed E-state index contributed by atoms with van der Waals surface area (Å²) in [5.74, 6) is 0.235. The lowest BCUT2D eigenvalue weighted by atomic mass is 9.79. The lowest BCUT2D eigenvalue weighted by Gasteiger charge is -2.28. The molecule has 2 aromatic heterocycles. The molecule has 0 radical (unpaired) electrons. The van der Waals surface area contributed by atoms with E-state index in [1.54, 1.807) is 18.2 Å². The maximum absolute atomic E-state index is 12.9. The summed E-state index contributed by atoms with van der Waals surface area (Å²) in [5, 5.41) is 12.9. The summed E-state index contributed by atoms with van der Waals surface area (Å²) in [6, 6.07) is 29.4. The summed E-state index contributed by atoms with van der Waals surface area (Å²) >= 11 is 0. The summed E-state index contributed by atoms with van der Waals surface area (Å²) in [4.78, 5) is 9.99. The number of aryl methyl sites for hydroxylation is 1. The highest BCUT2D eigenvalue weighted by molar-refractivity contribution is 5.98. The first-order chi connectivity index (χ1) is 42.0. The number of pyridine rings is 1. The highest BCUT2D eigenvalue weighted by Gasteiger charge is 2.30. The molecule has 372 valence electrons. The molecule has 1 N–H and O–H groups in total. The Morgan fingerprint density at radius 1 is 0.479 bits per heavy atom. The van der Waals surface area contributed by atoms with Crippen molar-refractivity contribution in [2.45, 2.75) is 138 Å². The van der Waals surface area contributed by atoms with Crippen molar-refractivity contribution in [2.75, 3.05) is 0 Å². The molecule has 0 aliphatic carbocycles. The number of aromatic hydroxyl groups is 1. The number of para-hydroxylation sites is 1. The van der Waals surface area contributed by atoms with Crippen molar-refractivity contribution in [2.24, 2.45) is 0 Å². The van der Waals surface area contributed by atoms with E-state index in [1.165, 1.54) is 0 Å². The Labute approximate surface area is 463 Å². The summed E-state index contributed by atoms with van der Waals surface area (Å²) in [6.45, 7) is 9.90. The quantitative estimate of drug-likeness (QED) is 0.173. The van der Waals surface area contributed by atoms with Gasteiger partial charge in [0, 0.05) is 44.9 Å². The third-order valence-electron chi connectivity index (χ3n) is 13.5. The molecule has 9 aromatic rings. The molecule has 0 saturated heterocycles. The minimum atomic E-state index is -3.96. The van der Waals surface area contributed by atoms with Gasteiger partial charge in [0.2, 0.25) is 0 Å². The SMILES string of the molecule is [2H]c1nc(-c2cc(-c3cccc4c3nc(-c3cc(C(C)(C)C)cc(C(C)(C)C)c3O)n4-c3cc(C([2H])([2H])[2H])c(-c4ccc(C(C)(C)C)cc4)cc3-c3ccccc3)cc(C(C)(C)C)c2)c([2H])c(-c2c([2H])c([2H])c(C(C([2H])([2H])[2H])(C([2H])([2H])[2H])C([2H])([2H])[2H])c([2H])c2[2H])c1[2H]. The molecule has 0 unspecified atom stereocenters. The fourth-order valence-corrected chi connectivity index (χ4v) is 9.13. The maximum Gasteiger partial charge on any atom is 0.149 e. The van der Waals surface area contributed by atoms with Crippen LogP contribution in [0, 0.1) is 6.85 Å². The van der Waals surface area contributed by atoms with Gasteiger partial charge in [-0.15, -0.1) is 0 Å². The van der Waals surface area contributed by atoms with Crippen molar-refractivity contribution in [3.63, 3.8) is 0 Å². The predicted octanol–water partition coefficient (Wildman–Crippen LogP) is 18.9. The molecule has 7 aromatic carbocycles. The Morgan fingerprint density at radius 3 is 1.75 bits per heavy atom. The van der Waals surface area contributed by atoms with Gasteiger partial charge < -0.3 is 5.11 Å². The van der Waals surface area contributed by atoms with Crippen molar-refractivity contribution in [3.05, 3.63) is 191 Å². The van der Waals surface area contributed by atoms with Gasteiger partial charge in [-0.05, 0) is 144 Å². The van der Waals surface area contributed by atoms with Crippen LogP contribution in [0.15, 0.2) is 158 Å². The fraction of sp³-hybridized carbons (Fsp3) is 0.304. The van der Waals surface area contributed by atoms with Gasteiger partial charge in [-0.2, -0.15) is 0 Å². The lowest BCUT2D eigenvalue weighted by Crippen LogP contribution is -2.17. The van der Waals surface area contributed by atoms with Crippen LogP contribution in [0.5, 0.6) is 5.75 Å². The zero-order valence-corrected chi connectivity index (χ0v) is 43.8. The number of fused-ring (bicyclic) bond motifs is 1. The molecule has 0 atom stereocenters. The second-order valence-electron chi connectivity index (χ2n) is 23.2. The number of nitrogens with zero attached hydrogens (tertiary/aromatic N) is 3. The molecule has 0 bridgehead atoms. The molecule has 0 amide bonds.